The van der Waals surface area contributed by atoms with Crippen LogP contribution in [-0.2, 0) is 4.79 Å². The number of amides is 1. The molecule has 0 aliphatic heterocycles. The van der Waals surface area contributed by atoms with Crippen LogP contribution in [0.25, 0.3) is 16.4 Å². The first-order valence-electron chi connectivity index (χ1n) is 7.87. The summed E-state index contributed by atoms with van der Waals surface area (Å²) in [5.41, 5.74) is 0.881. The van der Waals surface area contributed by atoms with Gasteiger partial charge in [-0.15, -0.1) is 28.1 Å². The van der Waals surface area contributed by atoms with Gasteiger partial charge in [0.15, 0.2) is 11.0 Å². The second-order valence-electron chi connectivity index (χ2n) is 5.20. The molecule has 1 aromatic carbocycles. The molecule has 0 spiro atoms. The molecular weight excluding hydrogens is 368 g/mol. The molecule has 2 aromatic heterocycles. The number of ether oxygens (including phenoxy) is 1. The number of thiophene rings is 1. The number of hydrogen-bond donors (Lipinski definition) is 1. The van der Waals surface area contributed by atoms with E-state index in [1.54, 1.807) is 24.5 Å². The maximum atomic E-state index is 11.9. The summed E-state index contributed by atoms with van der Waals surface area (Å²) in [6.45, 7) is 4.04. The Kier molecular flexibility index (Phi) is 6.08. The van der Waals surface area contributed by atoms with Crippen molar-refractivity contribution in [2.24, 2.45) is 0 Å². The number of carbonyl (C=O) groups excluding carboxylic acids is 1. The molecule has 6 nitrogen and oxygen atoms in total. The number of nitrogens with one attached hydrogen (secondary N) is 1. The smallest absolute Gasteiger partial charge is 0.230 e. The van der Waals surface area contributed by atoms with Crippen molar-refractivity contribution in [2.75, 3.05) is 19.4 Å². The Hall–Kier alpha value is -2.58. The summed E-state index contributed by atoms with van der Waals surface area (Å²) < 4.78 is 7.28. The van der Waals surface area contributed by atoms with Gasteiger partial charge in [-0.2, -0.15) is 0 Å². The Morgan fingerprint density at radius 2 is 2.27 bits per heavy atom. The van der Waals surface area contributed by atoms with E-state index in [-0.39, 0.29) is 11.7 Å². The Balaban J connectivity index is 1.94. The summed E-state index contributed by atoms with van der Waals surface area (Å²) in [7, 11) is 1.63. The third kappa shape index (κ3) is 4.14. The van der Waals surface area contributed by atoms with Gasteiger partial charge in [0.25, 0.3) is 0 Å². The van der Waals surface area contributed by atoms with E-state index in [1.165, 1.54) is 11.8 Å². The summed E-state index contributed by atoms with van der Waals surface area (Å²) in [4.78, 5) is 12.9. The van der Waals surface area contributed by atoms with Gasteiger partial charge in [0, 0.05) is 12.6 Å². The number of nitrogens with zero attached hydrogens (tertiary/aromatic N) is 3. The normalized spacial score (nSPS) is 10.5. The summed E-state index contributed by atoms with van der Waals surface area (Å²) in [5, 5.41) is 14.0. The zero-order valence-corrected chi connectivity index (χ0v) is 15.8. The predicted molar refractivity (Wildman–Crippen MR) is 105 cm³/mol. The third-order valence-corrected chi connectivity index (χ3v) is 5.26. The molecule has 0 unspecified atom stereocenters. The van der Waals surface area contributed by atoms with Crippen LogP contribution in [0.4, 0.5) is 0 Å². The highest BCUT2D eigenvalue weighted by Gasteiger charge is 2.18. The molecule has 2 heterocycles. The van der Waals surface area contributed by atoms with Crippen molar-refractivity contribution in [3.63, 3.8) is 0 Å². The van der Waals surface area contributed by atoms with Crippen LogP contribution in [0.15, 0.2) is 59.6 Å². The zero-order chi connectivity index (χ0) is 18.4. The molecule has 0 aliphatic rings. The second kappa shape index (κ2) is 8.68. The van der Waals surface area contributed by atoms with Gasteiger partial charge in [-0.25, -0.2) is 0 Å². The van der Waals surface area contributed by atoms with E-state index in [2.05, 4.69) is 22.1 Å². The number of benzene rings is 1. The number of thioether (sulfide) groups is 1. The Morgan fingerprint density at radius 1 is 1.38 bits per heavy atom. The standard InChI is InChI=1S/C18H18N4O2S2/c1-3-9-19-16(23)12-26-18-21-20-17(15-8-5-10-25-15)22(18)13-6-4-7-14(11-13)24-2/h3-8,10-11H,1,9,12H2,2H3,(H,19,23). The van der Waals surface area contributed by atoms with E-state index in [0.29, 0.717) is 11.7 Å². The van der Waals surface area contributed by atoms with Crippen LogP contribution in [0.1, 0.15) is 0 Å². The van der Waals surface area contributed by atoms with Crippen molar-refractivity contribution in [1.82, 2.24) is 20.1 Å². The van der Waals surface area contributed by atoms with Crippen LogP contribution in [0.2, 0.25) is 0 Å². The van der Waals surface area contributed by atoms with Crippen LogP contribution in [0.5, 0.6) is 5.75 Å². The number of aromatic nitrogens is 3. The fraction of sp³-hybridized carbons (Fsp3) is 0.167. The number of carbonyl (C=O) groups is 1. The van der Waals surface area contributed by atoms with E-state index in [9.17, 15) is 4.79 Å². The van der Waals surface area contributed by atoms with E-state index in [1.807, 2.05) is 46.3 Å². The maximum Gasteiger partial charge on any atom is 0.230 e. The van der Waals surface area contributed by atoms with Crippen LogP contribution in [0.3, 0.4) is 0 Å². The minimum Gasteiger partial charge on any atom is -0.497 e. The minimum atomic E-state index is -0.0761. The van der Waals surface area contributed by atoms with Crippen molar-refractivity contribution >= 4 is 29.0 Å². The van der Waals surface area contributed by atoms with E-state index in [0.717, 1.165) is 22.1 Å². The van der Waals surface area contributed by atoms with Crippen molar-refractivity contribution in [1.29, 1.82) is 0 Å². The highest BCUT2D eigenvalue weighted by atomic mass is 32.2. The lowest BCUT2D eigenvalue weighted by molar-refractivity contribution is -0.118. The summed E-state index contributed by atoms with van der Waals surface area (Å²) in [6, 6.07) is 11.6. The average molecular weight is 387 g/mol. The summed E-state index contributed by atoms with van der Waals surface area (Å²) in [5.74, 6) is 1.66. The van der Waals surface area contributed by atoms with Crippen molar-refractivity contribution < 1.29 is 9.53 Å². The number of methoxy groups -OCH3 is 1. The molecule has 3 aromatic rings. The lowest BCUT2D eigenvalue weighted by Crippen LogP contribution is -2.25. The van der Waals surface area contributed by atoms with Gasteiger partial charge in [-0.3, -0.25) is 9.36 Å². The zero-order valence-electron chi connectivity index (χ0n) is 14.2. The summed E-state index contributed by atoms with van der Waals surface area (Å²) >= 11 is 2.93. The topological polar surface area (TPSA) is 69.0 Å². The first-order chi connectivity index (χ1) is 12.7. The SMILES string of the molecule is C=CCNC(=O)CSc1nnc(-c2cccs2)n1-c1cccc(OC)c1. The highest BCUT2D eigenvalue weighted by Crippen LogP contribution is 2.31. The lowest BCUT2D eigenvalue weighted by Gasteiger charge is -2.10. The molecule has 0 aliphatic carbocycles. The van der Waals surface area contributed by atoms with Crippen molar-refractivity contribution in [2.45, 2.75) is 5.16 Å². The molecule has 0 saturated heterocycles. The molecule has 0 fully saturated rings. The van der Waals surface area contributed by atoms with Gasteiger partial charge >= 0.3 is 0 Å². The van der Waals surface area contributed by atoms with Gasteiger partial charge in [0.05, 0.1) is 23.4 Å². The van der Waals surface area contributed by atoms with Crippen LogP contribution in [0, 0.1) is 0 Å². The van der Waals surface area contributed by atoms with Gasteiger partial charge in [0.1, 0.15) is 5.75 Å². The van der Waals surface area contributed by atoms with E-state index in [4.69, 9.17) is 4.74 Å². The van der Waals surface area contributed by atoms with E-state index < -0.39 is 0 Å². The molecule has 26 heavy (non-hydrogen) atoms. The van der Waals surface area contributed by atoms with Gasteiger partial charge < -0.3 is 10.1 Å². The Morgan fingerprint density at radius 3 is 3.00 bits per heavy atom. The van der Waals surface area contributed by atoms with Crippen LogP contribution >= 0.6 is 23.1 Å². The minimum absolute atomic E-state index is 0.0761. The molecule has 134 valence electrons. The second-order valence-corrected chi connectivity index (χ2v) is 7.09. The predicted octanol–water partition coefficient (Wildman–Crippen LogP) is 3.40. The van der Waals surface area contributed by atoms with Crippen LogP contribution in [-0.4, -0.2) is 40.1 Å². The largest absolute Gasteiger partial charge is 0.497 e. The molecule has 8 heteroatoms. The first-order valence-corrected chi connectivity index (χ1v) is 9.73. The molecule has 3 rings (SSSR count). The average Bonchev–Trinajstić information content (AvgIpc) is 3.34. The molecular formula is C18H18N4O2S2. The molecule has 0 radical (unpaired) electrons. The molecule has 1 amide bonds. The molecule has 0 bridgehead atoms. The lowest BCUT2D eigenvalue weighted by atomic mass is 10.3. The van der Waals surface area contributed by atoms with Crippen LogP contribution < -0.4 is 10.1 Å². The molecule has 1 N–H and O–H groups in total. The van der Waals surface area contributed by atoms with Crippen molar-refractivity contribution in [3.8, 4) is 22.1 Å². The van der Waals surface area contributed by atoms with Gasteiger partial charge in [-0.1, -0.05) is 30.0 Å². The monoisotopic (exact) mass is 386 g/mol. The number of rotatable bonds is 8. The maximum absolute atomic E-state index is 11.9. The third-order valence-electron chi connectivity index (χ3n) is 3.46. The molecule has 0 atom stereocenters. The van der Waals surface area contributed by atoms with Crippen molar-refractivity contribution in [3.05, 3.63) is 54.4 Å². The Labute approximate surface area is 159 Å². The quantitative estimate of drug-likeness (QED) is 0.475. The fourth-order valence-electron chi connectivity index (χ4n) is 2.28. The molecule has 0 saturated carbocycles. The van der Waals surface area contributed by atoms with Gasteiger partial charge in [-0.05, 0) is 23.6 Å². The summed E-state index contributed by atoms with van der Waals surface area (Å²) in [6.07, 6.45) is 1.65. The van der Waals surface area contributed by atoms with Gasteiger partial charge in [0.2, 0.25) is 5.91 Å². The van der Waals surface area contributed by atoms with E-state index >= 15 is 0 Å². The first kappa shape index (κ1) is 18.2. The highest BCUT2D eigenvalue weighted by molar-refractivity contribution is 7.99. The Bertz CT molecular complexity index is 890. The number of hydrogen-bond acceptors (Lipinski definition) is 6. The fourth-order valence-corrected chi connectivity index (χ4v) is 3.76.